The molecule has 0 aliphatic heterocycles. The van der Waals surface area contributed by atoms with Crippen molar-refractivity contribution in [3.63, 3.8) is 0 Å². The first-order valence-corrected chi connectivity index (χ1v) is 8.04. The Morgan fingerprint density at radius 1 is 1.48 bits per heavy atom. The van der Waals surface area contributed by atoms with Gasteiger partial charge in [-0.1, -0.05) is 24.9 Å². The summed E-state index contributed by atoms with van der Waals surface area (Å²) < 4.78 is 18.7. The molecule has 1 unspecified atom stereocenters. The van der Waals surface area contributed by atoms with Gasteiger partial charge in [-0.25, -0.2) is 4.39 Å². The Kier molecular flexibility index (Phi) is 6.35. The van der Waals surface area contributed by atoms with Gasteiger partial charge in [0.15, 0.2) is 0 Å². The number of nitrogens with two attached hydrogens (primary N) is 1. The van der Waals surface area contributed by atoms with Crippen molar-refractivity contribution in [1.82, 2.24) is 0 Å². The third-order valence-corrected chi connectivity index (χ3v) is 4.27. The van der Waals surface area contributed by atoms with Crippen molar-refractivity contribution >= 4 is 35.0 Å². The van der Waals surface area contributed by atoms with Crippen molar-refractivity contribution in [3.05, 3.63) is 23.0 Å². The van der Waals surface area contributed by atoms with Crippen molar-refractivity contribution < 1.29 is 13.9 Å². The quantitative estimate of drug-likeness (QED) is 0.483. The van der Waals surface area contributed by atoms with E-state index in [1.165, 1.54) is 17.8 Å². The standard InChI is InChI=1S/C15H21ClFNO2S/c1-5-6-12(14(19)20-15(2,3)4)21-13-8-11(18)10(17)7-9(13)16/h7-8,12H,5-6,18H2,1-4H3. The van der Waals surface area contributed by atoms with E-state index in [0.717, 1.165) is 12.5 Å². The predicted molar refractivity (Wildman–Crippen MR) is 86.2 cm³/mol. The summed E-state index contributed by atoms with van der Waals surface area (Å²) in [6.45, 7) is 7.45. The topological polar surface area (TPSA) is 52.3 Å². The molecule has 3 nitrogen and oxygen atoms in total. The van der Waals surface area contributed by atoms with Crippen LogP contribution in [0.1, 0.15) is 40.5 Å². The minimum absolute atomic E-state index is 0.0151. The highest BCUT2D eigenvalue weighted by Crippen LogP contribution is 2.35. The zero-order valence-corrected chi connectivity index (χ0v) is 14.3. The van der Waals surface area contributed by atoms with Gasteiger partial charge in [0.1, 0.15) is 16.7 Å². The number of carbonyl (C=O) groups is 1. The second kappa shape index (κ2) is 7.36. The summed E-state index contributed by atoms with van der Waals surface area (Å²) in [6, 6.07) is 2.62. The maximum atomic E-state index is 13.3. The van der Waals surface area contributed by atoms with Crippen LogP contribution in [-0.4, -0.2) is 16.8 Å². The van der Waals surface area contributed by atoms with Crippen LogP contribution < -0.4 is 5.73 Å². The second-order valence-corrected chi connectivity index (χ2v) is 7.38. The monoisotopic (exact) mass is 333 g/mol. The molecule has 0 bridgehead atoms. The molecule has 0 saturated carbocycles. The molecule has 0 heterocycles. The normalized spacial score (nSPS) is 13.0. The van der Waals surface area contributed by atoms with Crippen LogP contribution in [0, 0.1) is 5.82 Å². The third-order valence-electron chi connectivity index (χ3n) is 2.54. The Labute approximate surface area is 134 Å². The summed E-state index contributed by atoms with van der Waals surface area (Å²) in [5, 5.41) is -0.145. The number of benzene rings is 1. The molecule has 0 amide bonds. The molecule has 1 rings (SSSR count). The molecule has 0 fully saturated rings. The lowest BCUT2D eigenvalue weighted by Gasteiger charge is -2.23. The zero-order valence-electron chi connectivity index (χ0n) is 12.7. The van der Waals surface area contributed by atoms with Crippen LogP contribution in [-0.2, 0) is 9.53 Å². The van der Waals surface area contributed by atoms with E-state index in [-0.39, 0.29) is 16.7 Å². The summed E-state index contributed by atoms with van der Waals surface area (Å²) in [5.74, 6) is -0.859. The van der Waals surface area contributed by atoms with Crippen LogP contribution in [0.4, 0.5) is 10.1 Å². The van der Waals surface area contributed by atoms with Crippen LogP contribution in [0.25, 0.3) is 0 Å². The van der Waals surface area contributed by atoms with E-state index in [4.69, 9.17) is 22.1 Å². The molecule has 0 aliphatic rings. The fraction of sp³-hybridized carbons (Fsp3) is 0.533. The van der Waals surface area contributed by atoms with Crippen molar-refractivity contribution in [2.45, 2.75) is 56.3 Å². The lowest BCUT2D eigenvalue weighted by Crippen LogP contribution is -2.30. The van der Waals surface area contributed by atoms with Gasteiger partial charge in [-0.2, -0.15) is 0 Å². The average Bonchev–Trinajstić information content (AvgIpc) is 2.33. The van der Waals surface area contributed by atoms with Crippen LogP contribution >= 0.6 is 23.4 Å². The number of rotatable bonds is 5. The SMILES string of the molecule is CCCC(Sc1cc(N)c(F)cc1Cl)C(=O)OC(C)(C)C. The molecule has 0 radical (unpaired) electrons. The number of esters is 1. The van der Waals surface area contributed by atoms with Gasteiger partial charge in [0.25, 0.3) is 0 Å². The first-order chi connectivity index (χ1) is 9.64. The summed E-state index contributed by atoms with van der Waals surface area (Å²) >= 11 is 7.27. The molecule has 1 aromatic carbocycles. The molecular formula is C15H21ClFNO2S. The Bertz CT molecular complexity index is 517. The van der Waals surface area contributed by atoms with Gasteiger partial charge in [0, 0.05) is 4.90 Å². The number of halogens is 2. The lowest BCUT2D eigenvalue weighted by atomic mass is 10.2. The largest absolute Gasteiger partial charge is 0.459 e. The van der Waals surface area contributed by atoms with Crippen LogP contribution in [0.5, 0.6) is 0 Å². The Morgan fingerprint density at radius 3 is 2.62 bits per heavy atom. The fourth-order valence-electron chi connectivity index (χ4n) is 1.64. The van der Waals surface area contributed by atoms with Crippen LogP contribution in [0.2, 0.25) is 5.02 Å². The average molecular weight is 334 g/mol. The molecule has 2 N–H and O–H groups in total. The summed E-state index contributed by atoms with van der Waals surface area (Å²) in [5.41, 5.74) is 5.02. The first kappa shape index (κ1) is 18.1. The van der Waals surface area contributed by atoms with Crippen molar-refractivity contribution in [2.24, 2.45) is 0 Å². The van der Waals surface area contributed by atoms with Gasteiger partial charge in [0.2, 0.25) is 0 Å². The van der Waals surface area contributed by atoms with Gasteiger partial charge in [-0.15, -0.1) is 11.8 Å². The Balaban J connectivity index is 2.93. The van der Waals surface area contributed by atoms with E-state index in [1.807, 2.05) is 27.7 Å². The third kappa shape index (κ3) is 5.75. The summed E-state index contributed by atoms with van der Waals surface area (Å²) in [6.07, 6.45) is 1.47. The highest BCUT2D eigenvalue weighted by Gasteiger charge is 2.26. The smallest absolute Gasteiger partial charge is 0.319 e. The number of carbonyl (C=O) groups excluding carboxylic acids is 1. The van der Waals surface area contributed by atoms with Crippen molar-refractivity contribution in [3.8, 4) is 0 Å². The van der Waals surface area contributed by atoms with Gasteiger partial charge in [-0.05, 0) is 39.3 Å². The Morgan fingerprint density at radius 2 is 2.10 bits per heavy atom. The number of hydrogen-bond acceptors (Lipinski definition) is 4. The molecule has 118 valence electrons. The maximum absolute atomic E-state index is 13.3. The molecular weight excluding hydrogens is 313 g/mol. The van der Waals surface area contributed by atoms with E-state index in [2.05, 4.69) is 0 Å². The lowest BCUT2D eigenvalue weighted by molar-refractivity contribution is -0.154. The minimum atomic E-state index is -0.561. The highest BCUT2D eigenvalue weighted by molar-refractivity contribution is 8.00. The van der Waals surface area contributed by atoms with E-state index < -0.39 is 16.7 Å². The minimum Gasteiger partial charge on any atom is -0.459 e. The molecule has 0 spiro atoms. The number of nitrogen functional groups attached to an aromatic ring is 1. The maximum Gasteiger partial charge on any atom is 0.319 e. The fourth-order valence-corrected chi connectivity index (χ4v) is 3.10. The van der Waals surface area contributed by atoms with E-state index in [9.17, 15) is 9.18 Å². The van der Waals surface area contributed by atoms with Gasteiger partial charge in [-0.3, -0.25) is 4.79 Å². The number of hydrogen-bond donors (Lipinski definition) is 1. The van der Waals surface area contributed by atoms with Gasteiger partial charge < -0.3 is 10.5 Å². The molecule has 21 heavy (non-hydrogen) atoms. The van der Waals surface area contributed by atoms with Gasteiger partial charge in [0.05, 0.1) is 10.7 Å². The number of ether oxygens (including phenoxy) is 1. The zero-order chi connectivity index (χ0) is 16.2. The molecule has 0 saturated heterocycles. The second-order valence-electron chi connectivity index (χ2n) is 5.73. The molecule has 0 aliphatic carbocycles. The first-order valence-electron chi connectivity index (χ1n) is 6.78. The predicted octanol–water partition coefficient (Wildman–Crippen LogP) is 4.66. The van der Waals surface area contributed by atoms with Gasteiger partial charge >= 0.3 is 5.97 Å². The summed E-state index contributed by atoms with van der Waals surface area (Å²) in [4.78, 5) is 12.8. The highest BCUT2D eigenvalue weighted by atomic mass is 35.5. The molecule has 6 heteroatoms. The van der Waals surface area contributed by atoms with E-state index in [0.29, 0.717) is 11.3 Å². The van der Waals surface area contributed by atoms with Crippen molar-refractivity contribution in [1.29, 1.82) is 0 Å². The molecule has 0 aromatic heterocycles. The number of anilines is 1. The van der Waals surface area contributed by atoms with Crippen LogP contribution in [0.3, 0.4) is 0 Å². The van der Waals surface area contributed by atoms with Crippen molar-refractivity contribution in [2.75, 3.05) is 5.73 Å². The molecule has 1 aromatic rings. The van der Waals surface area contributed by atoms with E-state index in [1.54, 1.807) is 0 Å². The van der Waals surface area contributed by atoms with Crippen LogP contribution in [0.15, 0.2) is 17.0 Å². The number of thioether (sulfide) groups is 1. The Hall–Kier alpha value is -0.940. The summed E-state index contributed by atoms with van der Waals surface area (Å²) in [7, 11) is 0. The molecule has 1 atom stereocenters. The van der Waals surface area contributed by atoms with E-state index >= 15 is 0 Å².